The van der Waals surface area contributed by atoms with E-state index in [2.05, 4.69) is 75.9 Å². The van der Waals surface area contributed by atoms with Gasteiger partial charge in [0.25, 0.3) is 0 Å². The van der Waals surface area contributed by atoms with Gasteiger partial charge in [-0.2, -0.15) is 0 Å². The number of hydrogen-bond acceptors (Lipinski definition) is 0. The van der Waals surface area contributed by atoms with Crippen molar-refractivity contribution in [1.29, 1.82) is 0 Å². The largest absolute Gasteiger partial charge is 0.0956 e. The summed E-state index contributed by atoms with van der Waals surface area (Å²) < 4.78 is 0. The van der Waals surface area contributed by atoms with Crippen LogP contribution in [0, 0.1) is 24.7 Å². The van der Waals surface area contributed by atoms with Crippen molar-refractivity contribution in [3.8, 4) is 0 Å². The van der Waals surface area contributed by atoms with E-state index in [1.54, 1.807) is 0 Å². The Labute approximate surface area is 141 Å². The zero-order chi connectivity index (χ0) is 16.4. The zero-order valence-corrected chi connectivity index (χ0v) is 14.7. The molecular formula is C23H28. The van der Waals surface area contributed by atoms with Crippen molar-refractivity contribution in [2.75, 3.05) is 0 Å². The highest BCUT2D eigenvalue weighted by molar-refractivity contribution is 5.57. The topological polar surface area (TPSA) is 0 Å². The highest BCUT2D eigenvalue weighted by Gasteiger charge is 2.37. The molecule has 2 aliphatic carbocycles. The van der Waals surface area contributed by atoms with Crippen LogP contribution >= 0.6 is 0 Å². The summed E-state index contributed by atoms with van der Waals surface area (Å²) in [6.45, 7) is 11.1. The summed E-state index contributed by atoms with van der Waals surface area (Å²) in [5.41, 5.74) is 7.07. The van der Waals surface area contributed by atoms with Crippen LogP contribution in [0.15, 0.2) is 65.8 Å². The van der Waals surface area contributed by atoms with Gasteiger partial charge in [-0.25, -0.2) is 0 Å². The fourth-order valence-electron chi connectivity index (χ4n) is 4.18. The van der Waals surface area contributed by atoms with E-state index in [-0.39, 0.29) is 0 Å². The van der Waals surface area contributed by atoms with Crippen LogP contribution in [0.25, 0.3) is 6.08 Å². The van der Waals surface area contributed by atoms with Crippen molar-refractivity contribution in [3.05, 3.63) is 76.9 Å². The molecule has 0 fully saturated rings. The molecule has 23 heavy (non-hydrogen) atoms. The quantitative estimate of drug-likeness (QED) is 0.595. The van der Waals surface area contributed by atoms with E-state index in [4.69, 9.17) is 0 Å². The lowest BCUT2D eigenvalue weighted by Crippen LogP contribution is -2.25. The molecule has 0 spiro atoms. The Kier molecular flexibility index (Phi) is 4.71. The van der Waals surface area contributed by atoms with Crippen LogP contribution in [0.1, 0.15) is 44.2 Å². The molecule has 1 aromatic carbocycles. The van der Waals surface area contributed by atoms with Gasteiger partial charge in [-0.05, 0) is 66.2 Å². The van der Waals surface area contributed by atoms with Crippen LogP contribution in [-0.2, 0) is 0 Å². The first-order valence-corrected chi connectivity index (χ1v) is 8.93. The molecule has 0 saturated heterocycles. The van der Waals surface area contributed by atoms with Gasteiger partial charge in [-0.1, -0.05) is 74.6 Å². The van der Waals surface area contributed by atoms with Gasteiger partial charge in [0.1, 0.15) is 0 Å². The molecule has 0 aliphatic heterocycles. The Balaban J connectivity index is 1.83. The molecule has 0 amide bonds. The Hall–Kier alpha value is -1.82. The third kappa shape index (κ3) is 3.13. The van der Waals surface area contributed by atoms with Gasteiger partial charge < -0.3 is 0 Å². The third-order valence-corrected chi connectivity index (χ3v) is 5.63. The second-order valence-corrected chi connectivity index (χ2v) is 7.09. The predicted octanol–water partition coefficient (Wildman–Crippen LogP) is 6.50. The van der Waals surface area contributed by atoms with E-state index < -0.39 is 0 Å². The van der Waals surface area contributed by atoms with Gasteiger partial charge >= 0.3 is 0 Å². The number of fused-ring (bicyclic) bond motifs is 1. The van der Waals surface area contributed by atoms with Gasteiger partial charge in [-0.3, -0.25) is 0 Å². The molecule has 0 nitrogen and oxygen atoms in total. The fourth-order valence-corrected chi connectivity index (χ4v) is 4.18. The van der Waals surface area contributed by atoms with E-state index in [9.17, 15) is 0 Å². The van der Waals surface area contributed by atoms with Gasteiger partial charge in [0, 0.05) is 0 Å². The van der Waals surface area contributed by atoms with Crippen molar-refractivity contribution in [3.63, 3.8) is 0 Å². The van der Waals surface area contributed by atoms with Gasteiger partial charge in [0.2, 0.25) is 0 Å². The van der Waals surface area contributed by atoms with Crippen molar-refractivity contribution >= 4 is 6.08 Å². The third-order valence-electron chi connectivity index (χ3n) is 5.63. The summed E-state index contributed by atoms with van der Waals surface area (Å²) in [7, 11) is 0. The highest BCUT2D eigenvalue weighted by atomic mass is 14.4. The molecular weight excluding hydrogens is 276 g/mol. The standard InChI is InChI=1S/C23H28/c1-5-16(2)21-14-10-18(4)23-20(13-15-22(21)23)12-11-19-9-7-6-8-17(19)3/h6-9,11-14,18,22-23H,2,5,10,15H2,1,3-4H3/b12-11+. The first-order chi connectivity index (χ1) is 11.1. The minimum Gasteiger partial charge on any atom is -0.0956 e. The molecule has 3 rings (SSSR count). The molecule has 1 aromatic rings. The summed E-state index contributed by atoms with van der Waals surface area (Å²) in [5.74, 6) is 2.05. The molecule has 0 aromatic heterocycles. The Morgan fingerprint density at radius 2 is 1.96 bits per heavy atom. The van der Waals surface area contributed by atoms with Crippen LogP contribution in [0.5, 0.6) is 0 Å². The van der Waals surface area contributed by atoms with E-state index in [1.165, 1.54) is 40.7 Å². The molecule has 0 saturated carbocycles. The zero-order valence-electron chi connectivity index (χ0n) is 14.7. The second kappa shape index (κ2) is 6.74. The van der Waals surface area contributed by atoms with Crippen LogP contribution in [0.4, 0.5) is 0 Å². The number of aryl methyl sites for hydroxylation is 1. The lowest BCUT2D eigenvalue weighted by molar-refractivity contribution is 0.323. The Morgan fingerprint density at radius 3 is 2.70 bits per heavy atom. The van der Waals surface area contributed by atoms with Crippen molar-refractivity contribution in [2.45, 2.75) is 40.0 Å². The van der Waals surface area contributed by atoms with Crippen LogP contribution in [-0.4, -0.2) is 0 Å². The van der Waals surface area contributed by atoms with Crippen molar-refractivity contribution < 1.29 is 0 Å². The maximum absolute atomic E-state index is 4.30. The lowest BCUT2D eigenvalue weighted by Gasteiger charge is -2.34. The molecule has 120 valence electrons. The number of rotatable bonds is 4. The lowest BCUT2D eigenvalue weighted by atomic mass is 9.70. The van der Waals surface area contributed by atoms with Gasteiger partial charge in [0.05, 0.1) is 0 Å². The normalized spacial score (nSPS) is 26.8. The summed E-state index contributed by atoms with van der Waals surface area (Å²) in [5, 5.41) is 0. The number of benzene rings is 1. The SMILES string of the molecule is C=C(CC)C1=CCC(C)C2C(/C=C/c3ccccc3C)=CCC12. The first kappa shape index (κ1) is 16.1. The first-order valence-electron chi connectivity index (χ1n) is 8.93. The van der Waals surface area contributed by atoms with E-state index in [1.807, 2.05) is 0 Å². The summed E-state index contributed by atoms with van der Waals surface area (Å²) >= 11 is 0. The molecule has 3 atom stereocenters. The van der Waals surface area contributed by atoms with Crippen LogP contribution in [0.2, 0.25) is 0 Å². The minimum absolute atomic E-state index is 0.655. The molecule has 0 heterocycles. The molecule has 0 radical (unpaired) electrons. The van der Waals surface area contributed by atoms with E-state index in [0.29, 0.717) is 11.8 Å². The van der Waals surface area contributed by atoms with Gasteiger partial charge in [0.15, 0.2) is 0 Å². The highest BCUT2D eigenvalue weighted by Crippen LogP contribution is 2.48. The Morgan fingerprint density at radius 1 is 1.17 bits per heavy atom. The average molecular weight is 304 g/mol. The monoisotopic (exact) mass is 304 g/mol. The second-order valence-electron chi connectivity index (χ2n) is 7.09. The maximum Gasteiger partial charge on any atom is -0.00564 e. The predicted molar refractivity (Wildman–Crippen MR) is 101 cm³/mol. The van der Waals surface area contributed by atoms with Crippen LogP contribution < -0.4 is 0 Å². The average Bonchev–Trinajstić information content (AvgIpc) is 2.99. The maximum atomic E-state index is 4.30. The number of allylic oxidation sites excluding steroid dienone is 6. The van der Waals surface area contributed by atoms with Gasteiger partial charge in [-0.15, -0.1) is 0 Å². The van der Waals surface area contributed by atoms with Crippen molar-refractivity contribution in [2.24, 2.45) is 17.8 Å². The summed E-state index contributed by atoms with van der Waals surface area (Å²) in [6.07, 6.45) is 13.0. The summed E-state index contributed by atoms with van der Waals surface area (Å²) in [6, 6.07) is 8.61. The molecule has 0 heteroatoms. The van der Waals surface area contributed by atoms with Crippen molar-refractivity contribution in [1.82, 2.24) is 0 Å². The van der Waals surface area contributed by atoms with E-state index in [0.717, 1.165) is 12.3 Å². The molecule has 0 N–H and O–H groups in total. The fraction of sp³-hybridized carbons (Fsp3) is 0.391. The molecule has 3 unspecified atom stereocenters. The summed E-state index contributed by atoms with van der Waals surface area (Å²) in [4.78, 5) is 0. The molecule has 0 bridgehead atoms. The molecule has 2 aliphatic rings. The Bertz CT molecular complexity index is 684. The minimum atomic E-state index is 0.655. The smallest absolute Gasteiger partial charge is 0.00564 e. The van der Waals surface area contributed by atoms with Crippen LogP contribution in [0.3, 0.4) is 0 Å². The number of hydrogen-bond donors (Lipinski definition) is 0. The van der Waals surface area contributed by atoms with E-state index >= 15 is 0 Å².